The number of carbonyl (C=O) groups is 1. The average Bonchev–Trinajstić information content (AvgIpc) is 3.21. The van der Waals surface area contributed by atoms with Gasteiger partial charge in [0.25, 0.3) is 0 Å². The summed E-state index contributed by atoms with van der Waals surface area (Å²) in [5.41, 5.74) is 1.35. The Bertz CT molecular complexity index is 618. The highest BCUT2D eigenvalue weighted by atomic mass is 19.1. The summed E-state index contributed by atoms with van der Waals surface area (Å²) in [4.78, 5) is 15.4. The van der Waals surface area contributed by atoms with Crippen LogP contribution in [0.3, 0.4) is 0 Å². The van der Waals surface area contributed by atoms with Crippen LogP contribution in [0.15, 0.2) is 48.8 Å². The zero-order valence-corrected chi connectivity index (χ0v) is 10.7. The van der Waals surface area contributed by atoms with Crippen LogP contribution >= 0.6 is 0 Å². The molecule has 1 heterocycles. The van der Waals surface area contributed by atoms with Crippen molar-refractivity contribution in [3.63, 3.8) is 0 Å². The Hall–Kier alpha value is -2.43. The van der Waals surface area contributed by atoms with Crippen LogP contribution in [-0.4, -0.2) is 17.1 Å². The second kappa shape index (κ2) is 5.28. The molecule has 1 aromatic carbocycles. The second-order valence-electron chi connectivity index (χ2n) is 4.81. The van der Waals surface area contributed by atoms with Crippen LogP contribution in [-0.2, 0) is 0 Å². The lowest BCUT2D eigenvalue weighted by molar-refractivity contribution is 0.251. The molecule has 0 bridgehead atoms. The summed E-state index contributed by atoms with van der Waals surface area (Å²) in [5.74, 6) is -0.192. The number of nitrogens with one attached hydrogen (secondary N) is 2. The van der Waals surface area contributed by atoms with Crippen molar-refractivity contribution in [2.45, 2.75) is 18.4 Å². The van der Waals surface area contributed by atoms with Crippen molar-refractivity contribution in [1.82, 2.24) is 10.3 Å². The van der Waals surface area contributed by atoms with Gasteiger partial charge in [0.2, 0.25) is 0 Å². The molecule has 20 heavy (non-hydrogen) atoms. The Labute approximate surface area is 116 Å². The first kappa shape index (κ1) is 12.6. The molecule has 5 heteroatoms. The van der Waals surface area contributed by atoms with Crippen molar-refractivity contribution < 1.29 is 9.18 Å². The summed E-state index contributed by atoms with van der Waals surface area (Å²) in [5, 5.41) is 5.33. The van der Waals surface area contributed by atoms with Gasteiger partial charge in [0.1, 0.15) is 0 Å². The number of rotatable bonds is 3. The van der Waals surface area contributed by atoms with E-state index in [0.717, 1.165) is 12.6 Å². The van der Waals surface area contributed by atoms with Crippen molar-refractivity contribution in [3.05, 3.63) is 60.2 Å². The summed E-state index contributed by atoms with van der Waals surface area (Å²) in [6.45, 7) is 0. The molecule has 2 aromatic rings. The van der Waals surface area contributed by atoms with E-state index in [1.807, 2.05) is 30.3 Å². The van der Waals surface area contributed by atoms with Crippen LogP contribution in [0.2, 0.25) is 0 Å². The fraction of sp³-hybridized carbons (Fsp3) is 0.200. The van der Waals surface area contributed by atoms with Gasteiger partial charge in [0, 0.05) is 18.2 Å². The van der Waals surface area contributed by atoms with Crippen LogP contribution < -0.4 is 10.6 Å². The lowest BCUT2D eigenvalue weighted by Crippen LogP contribution is -2.31. The molecule has 0 radical (unpaired) electrons. The van der Waals surface area contributed by atoms with Crippen molar-refractivity contribution in [2.24, 2.45) is 0 Å². The molecule has 1 saturated carbocycles. The van der Waals surface area contributed by atoms with Gasteiger partial charge in [-0.1, -0.05) is 30.3 Å². The summed E-state index contributed by atoms with van der Waals surface area (Å²) in [6.07, 6.45) is 3.42. The molecule has 0 aliphatic heterocycles. The van der Waals surface area contributed by atoms with E-state index in [1.54, 1.807) is 0 Å². The smallest absolute Gasteiger partial charge is 0.319 e. The molecule has 2 amide bonds. The normalized spacial score (nSPS) is 20.2. The third kappa shape index (κ3) is 2.77. The summed E-state index contributed by atoms with van der Waals surface area (Å²) in [6, 6.07) is 11.2. The van der Waals surface area contributed by atoms with Crippen molar-refractivity contribution in [3.8, 4) is 0 Å². The van der Waals surface area contributed by atoms with E-state index in [1.165, 1.54) is 17.8 Å². The van der Waals surface area contributed by atoms with E-state index in [0.29, 0.717) is 5.92 Å². The molecule has 1 aromatic heterocycles. The van der Waals surface area contributed by atoms with Gasteiger partial charge in [0.15, 0.2) is 5.82 Å². The Balaban J connectivity index is 1.55. The van der Waals surface area contributed by atoms with Crippen molar-refractivity contribution >= 4 is 11.7 Å². The van der Waals surface area contributed by atoms with Gasteiger partial charge < -0.3 is 10.6 Å². The fourth-order valence-corrected chi connectivity index (χ4v) is 2.23. The number of carbonyl (C=O) groups excluding carboxylic acids is 1. The van der Waals surface area contributed by atoms with Gasteiger partial charge in [-0.25, -0.2) is 9.18 Å². The first-order valence-electron chi connectivity index (χ1n) is 6.46. The molecular formula is C15H14FN3O. The molecule has 3 rings (SSSR count). The first-order chi connectivity index (χ1) is 9.74. The van der Waals surface area contributed by atoms with E-state index in [4.69, 9.17) is 0 Å². The third-order valence-corrected chi connectivity index (χ3v) is 3.36. The predicted molar refractivity (Wildman–Crippen MR) is 73.9 cm³/mol. The van der Waals surface area contributed by atoms with Gasteiger partial charge >= 0.3 is 6.03 Å². The number of pyridine rings is 1. The van der Waals surface area contributed by atoms with Crippen LogP contribution in [0, 0.1) is 5.82 Å². The zero-order valence-electron chi connectivity index (χ0n) is 10.7. The van der Waals surface area contributed by atoms with Crippen molar-refractivity contribution in [2.75, 3.05) is 5.32 Å². The van der Waals surface area contributed by atoms with E-state index in [-0.39, 0.29) is 11.7 Å². The van der Waals surface area contributed by atoms with Gasteiger partial charge in [-0.05, 0) is 18.1 Å². The average molecular weight is 271 g/mol. The van der Waals surface area contributed by atoms with E-state index < -0.39 is 11.8 Å². The Morgan fingerprint density at radius 2 is 2.05 bits per heavy atom. The largest absolute Gasteiger partial charge is 0.334 e. The molecule has 1 fully saturated rings. The standard InChI is InChI=1S/C15H14FN3O/c16-12-9-17-7-6-13(12)18-15(20)19-14-8-11(14)10-4-2-1-3-5-10/h1-7,9,11,14H,8H2,(H2,17,18,19,20)/t11-,14+/m0/s1. The Morgan fingerprint density at radius 3 is 2.80 bits per heavy atom. The molecule has 4 nitrogen and oxygen atoms in total. The Morgan fingerprint density at radius 1 is 1.25 bits per heavy atom. The quantitative estimate of drug-likeness (QED) is 0.901. The number of hydrogen-bond acceptors (Lipinski definition) is 2. The van der Waals surface area contributed by atoms with Crippen LogP contribution in [0.4, 0.5) is 14.9 Å². The maximum Gasteiger partial charge on any atom is 0.319 e. The molecular weight excluding hydrogens is 257 g/mol. The molecule has 0 unspecified atom stereocenters. The van der Waals surface area contributed by atoms with E-state index in [2.05, 4.69) is 15.6 Å². The Kier molecular flexibility index (Phi) is 3.33. The monoisotopic (exact) mass is 271 g/mol. The maximum atomic E-state index is 13.3. The number of aromatic nitrogens is 1. The highest BCUT2D eigenvalue weighted by Gasteiger charge is 2.39. The molecule has 102 valence electrons. The minimum absolute atomic E-state index is 0.113. The van der Waals surface area contributed by atoms with Gasteiger partial charge in [0.05, 0.1) is 11.9 Å². The lowest BCUT2D eigenvalue weighted by Gasteiger charge is -2.07. The molecule has 2 atom stereocenters. The first-order valence-corrected chi connectivity index (χ1v) is 6.46. The molecule has 2 N–H and O–H groups in total. The number of hydrogen-bond donors (Lipinski definition) is 2. The number of nitrogens with zero attached hydrogens (tertiary/aromatic N) is 1. The van der Waals surface area contributed by atoms with Crippen LogP contribution in [0.1, 0.15) is 17.9 Å². The maximum absolute atomic E-state index is 13.3. The highest BCUT2D eigenvalue weighted by molar-refractivity contribution is 5.89. The van der Waals surface area contributed by atoms with E-state index >= 15 is 0 Å². The van der Waals surface area contributed by atoms with Gasteiger partial charge in [-0.2, -0.15) is 0 Å². The topological polar surface area (TPSA) is 54.0 Å². The number of urea groups is 1. The number of halogens is 1. The minimum atomic E-state index is -0.543. The zero-order chi connectivity index (χ0) is 13.9. The summed E-state index contributed by atoms with van der Waals surface area (Å²) >= 11 is 0. The summed E-state index contributed by atoms with van der Waals surface area (Å²) < 4.78 is 13.3. The fourth-order valence-electron chi connectivity index (χ4n) is 2.23. The van der Waals surface area contributed by atoms with E-state index in [9.17, 15) is 9.18 Å². The van der Waals surface area contributed by atoms with Crippen LogP contribution in [0.5, 0.6) is 0 Å². The van der Waals surface area contributed by atoms with Crippen molar-refractivity contribution in [1.29, 1.82) is 0 Å². The predicted octanol–water partition coefficient (Wildman–Crippen LogP) is 2.90. The number of amides is 2. The van der Waals surface area contributed by atoms with Crippen LogP contribution in [0.25, 0.3) is 0 Å². The molecule has 1 aliphatic rings. The summed E-state index contributed by atoms with van der Waals surface area (Å²) in [7, 11) is 0. The molecule has 0 saturated heterocycles. The SMILES string of the molecule is O=C(Nc1ccncc1F)N[C@@H]1C[C@H]1c1ccccc1. The number of benzene rings is 1. The second-order valence-corrected chi connectivity index (χ2v) is 4.81. The molecule has 1 aliphatic carbocycles. The van der Waals surface area contributed by atoms with Gasteiger partial charge in [-0.3, -0.25) is 4.98 Å². The minimum Gasteiger partial charge on any atom is -0.334 e. The number of anilines is 1. The highest BCUT2D eigenvalue weighted by Crippen LogP contribution is 2.40. The lowest BCUT2D eigenvalue weighted by atomic mass is 10.1. The third-order valence-electron chi connectivity index (χ3n) is 3.36. The van der Waals surface area contributed by atoms with Gasteiger partial charge in [-0.15, -0.1) is 0 Å². The molecule has 0 spiro atoms.